The predicted octanol–water partition coefficient (Wildman–Crippen LogP) is 5.24. The molecule has 1 aromatic rings. The van der Waals surface area contributed by atoms with Crippen LogP contribution in [-0.4, -0.2) is 20.6 Å². The zero-order valence-electron chi connectivity index (χ0n) is 16.9. The third-order valence-corrected chi connectivity index (χ3v) is 4.37. The van der Waals surface area contributed by atoms with Gasteiger partial charge in [-0.25, -0.2) is 4.39 Å². The van der Waals surface area contributed by atoms with Crippen molar-refractivity contribution in [2.75, 3.05) is 6.61 Å². The molecule has 3 nitrogen and oxygen atoms in total. The molecule has 0 spiro atoms. The van der Waals surface area contributed by atoms with Gasteiger partial charge in [-0.15, -0.1) is 0 Å². The molecular formula is C23H25BFNO2. The maximum absolute atomic E-state index is 14.3. The maximum atomic E-state index is 14.3. The van der Waals surface area contributed by atoms with E-state index in [0.717, 1.165) is 0 Å². The van der Waals surface area contributed by atoms with Crippen molar-refractivity contribution in [3.05, 3.63) is 70.3 Å². The van der Waals surface area contributed by atoms with Crippen molar-refractivity contribution >= 4 is 7.85 Å². The Morgan fingerprint density at radius 1 is 1.32 bits per heavy atom. The normalized spacial score (nSPS) is 19.1. The molecule has 0 unspecified atom stereocenters. The highest BCUT2D eigenvalue weighted by molar-refractivity contribution is 6.22. The van der Waals surface area contributed by atoms with Gasteiger partial charge >= 0.3 is 0 Å². The Kier molecular flexibility index (Phi) is 7.32. The van der Waals surface area contributed by atoms with E-state index in [-0.39, 0.29) is 23.9 Å². The minimum atomic E-state index is -0.277. The summed E-state index contributed by atoms with van der Waals surface area (Å²) in [4.78, 5) is 0. The summed E-state index contributed by atoms with van der Waals surface area (Å²) in [6, 6.07) is 7.01. The van der Waals surface area contributed by atoms with Gasteiger partial charge in [-0.1, -0.05) is 45.0 Å². The number of nitriles is 1. The monoisotopic (exact) mass is 377 g/mol. The van der Waals surface area contributed by atoms with E-state index >= 15 is 0 Å². The van der Waals surface area contributed by atoms with Gasteiger partial charge in [0.25, 0.3) is 0 Å². The van der Waals surface area contributed by atoms with E-state index in [1.807, 2.05) is 27.7 Å². The SMILES string of the molecule is [B]/C1=C(C#N)/C=C/C(O[C@@H](CC)COc2ccc(C(C)(C)C)c(F)c2)=C=CC1. The topological polar surface area (TPSA) is 42.2 Å². The van der Waals surface area contributed by atoms with Crippen LogP contribution in [-0.2, 0) is 10.2 Å². The molecule has 28 heavy (non-hydrogen) atoms. The fourth-order valence-corrected chi connectivity index (χ4v) is 2.67. The molecule has 2 rings (SSSR count). The average Bonchev–Trinajstić information content (AvgIpc) is 2.62. The first-order valence-electron chi connectivity index (χ1n) is 9.36. The van der Waals surface area contributed by atoms with Crippen LogP contribution in [0.5, 0.6) is 5.75 Å². The summed E-state index contributed by atoms with van der Waals surface area (Å²) in [6.45, 7) is 8.16. The fraction of sp³-hybridized carbons (Fsp3) is 0.391. The van der Waals surface area contributed by atoms with E-state index in [4.69, 9.17) is 22.6 Å². The molecule has 0 bridgehead atoms. The largest absolute Gasteiger partial charge is 0.490 e. The Morgan fingerprint density at radius 3 is 2.68 bits per heavy atom. The Hall–Kier alpha value is -2.70. The summed E-state index contributed by atoms with van der Waals surface area (Å²) in [6.07, 6.45) is 5.93. The molecular weight excluding hydrogens is 352 g/mol. The molecule has 1 aliphatic rings. The van der Waals surface area contributed by atoms with Crippen LogP contribution >= 0.6 is 0 Å². The highest BCUT2D eigenvalue weighted by Crippen LogP contribution is 2.28. The number of allylic oxidation sites excluding steroid dienone is 4. The predicted molar refractivity (Wildman–Crippen MR) is 110 cm³/mol. The molecule has 1 atom stereocenters. The number of hydrogen-bond acceptors (Lipinski definition) is 3. The highest BCUT2D eigenvalue weighted by Gasteiger charge is 2.19. The number of benzene rings is 1. The number of rotatable bonds is 6. The minimum absolute atomic E-state index is 0.239. The maximum Gasteiger partial charge on any atom is 0.162 e. The second kappa shape index (κ2) is 9.49. The van der Waals surface area contributed by atoms with Crippen LogP contribution in [0.2, 0.25) is 0 Å². The molecule has 0 saturated carbocycles. The average molecular weight is 377 g/mol. The van der Waals surface area contributed by atoms with Crippen molar-refractivity contribution in [3.8, 4) is 11.8 Å². The quantitative estimate of drug-likeness (QED) is 0.503. The second-order valence-electron chi connectivity index (χ2n) is 7.65. The highest BCUT2D eigenvalue weighted by atomic mass is 19.1. The lowest BCUT2D eigenvalue weighted by Crippen LogP contribution is -2.20. The summed E-state index contributed by atoms with van der Waals surface area (Å²) in [5, 5.41) is 9.12. The molecule has 1 aromatic carbocycles. The lowest BCUT2D eigenvalue weighted by Gasteiger charge is -2.21. The molecule has 144 valence electrons. The van der Waals surface area contributed by atoms with Gasteiger partial charge in [0.1, 0.15) is 32.1 Å². The van der Waals surface area contributed by atoms with Crippen molar-refractivity contribution in [1.29, 1.82) is 5.26 Å². The van der Waals surface area contributed by atoms with Crippen LogP contribution in [0.3, 0.4) is 0 Å². The molecule has 0 N–H and O–H groups in total. The van der Waals surface area contributed by atoms with E-state index in [1.54, 1.807) is 30.4 Å². The van der Waals surface area contributed by atoms with Crippen LogP contribution in [0.1, 0.15) is 46.1 Å². The molecule has 5 heteroatoms. The van der Waals surface area contributed by atoms with Crippen LogP contribution in [0.25, 0.3) is 0 Å². The fourth-order valence-electron chi connectivity index (χ4n) is 2.67. The van der Waals surface area contributed by atoms with Crippen LogP contribution < -0.4 is 4.74 Å². The molecule has 0 amide bonds. The molecule has 0 saturated heterocycles. The van der Waals surface area contributed by atoms with Crippen molar-refractivity contribution in [1.82, 2.24) is 0 Å². The first-order valence-corrected chi connectivity index (χ1v) is 9.36. The summed E-state index contributed by atoms with van der Waals surface area (Å²) >= 11 is 0. The Bertz CT molecular complexity index is 881. The molecule has 0 fully saturated rings. The van der Waals surface area contributed by atoms with Gasteiger partial charge in [0.15, 0.2) is 5.76 Å². The molecule has 0 aromatic heterocycles. The van der Waals surface area contributed by atoms with Crippen LogP contribution in [0, 0.1) is 17.1 Å². The van der Waals surface area contributed by atoms with E-state index in [0.29, 0.717) is 41.0 Å². The lowest BCUT2D eigenvalue weighted by molar-refractivity contribution is 0.0722. The second-order valence-corrected chi connectivity index (χ2v) is 7.65. The van der Waals surface area contributed by atoms with E-state index in [2.05, 4.69) is 11.8 Å². The number of hydrogen-bond donors (Lipinski definition) is 0. The standard InChI is InChI=1S/C23H25BFNO2/c1-5-17(28-18-7-6-8-21(24)16(14-26)9-10-18)15-27-19-11-12-20(22(25)13-19)23(2,3)4/h6,9-13,17H,5,8,15H2,1-4H3/b10-9+,21-16-/t7?,17-/m0/s1. The first kappa shape index (κ1) is 21.6. The van der Waals surface area contributed by atoms with Crippen LogP contribution in [0.15, 0.2) is 59.0 Å². The zero-order chi connectivity index (χ0) is 20.7. The number of halogens is 1. The molecule has 0 aliphatic heterocycles. The van der Waals surface area contributed by atoms with Gasteiger partial charge in [-0.3, -0.25) is 0 Å². The van der Waals surface area contributed by atoms with Gasteiger partial charge in [-0.2, -0.15) is 5.26 Å². The summed E-state index contributed by atoms with van der Waals surface area (Å²) in [5.41, 5.74) is 4.34. The number of nitrogens with zero attached hydrogens (tertiary/aromatic N) is 1. The molecule has 0 heterocycles. The van der Waals surface area contributed by atoms with Crippen molar-refractivity contribution in [3.63, 3.8) is 0 Å². The summed E-state index contributed by atoms with van der Waals surface area (Å²) in [5.74, 6) is 0.693. The van der Waals surface area contributed by atoms with Gasteiger partial charge in [-0.05, 0) is 48.1 Å². The van der Waals surface area contributed by atoms with Gasteiger partial charge < -0.3 is 9.47 Å². The zero-order valence-corrected chi connectivity index (χ0v) is 16.9. The third-order valence-electron chi connectivity index (χ3n) is 4.37. The summed E-state index contributed by atoms with van der Waals surface area (Å²) in [7, 11) is 5.83. The minimum Gasteiger partial charge on any atom is -0.490 e. The Labute approximate surface area is 168 Å². The van der Waals surface area contributed by atoms with E-state index in [1.165, 1.54) is 6.07 Å². The van der Waals surface area contributed by atoms with E-state index < -0.39 is 0 Å². The summed E-state index contributed by atoms with van der Waals surface area (Å²) < 4.78 is 26.0. The first-order chi connectivity index (χ1) is 13.2. The van der Waals surface area contributed by atoms with Crippen molar-refractivity contribution in [2.45, 2.75) is 52.1 Å². The molecule has 1 aliphatic carbocycles. The lowest BCUT2D eigenvalue weighted by atomic mass is 9.87. The van der Waals surface area contributed by atoms with Crippen molar-refractivity contribution < 1.29 is 13.9 Å². The molecule has 2 radical (unpaired) electrons. The van der Waals surface area contributed by atoms with Gasteiger partial charge in [0.2, 0.25) is 0 Å². The third kappa shape index (κ3) is 5.91. The number of ether oxygens (including phenoxy) is 2. The van der Waals surface area contributed by atoms with Gasteiger partial charge in [0, 0.05) is 11.6 Å². The Morgan fingerprint density at radius 2 is 2.07 bits per heavy atom. The smallest absolute Gasteiger partial charge is 0.162 e. The Balaban J connectivity index is 2.03. The van der Waals surface area contributed by atoms with Gasteiger partial charge in [0.05, 0.1) is 6.07 Å². The van der Waals surface area contributed by atoms with Crippen molar-refractivity contribution in [2.24, 2.45) is 0 Å². The van der Waals surface area contributed by atoms with Crippen LogP contribution in [0.4, 0.5) is 4.39 Å². The van der Waals surface area contributed by atoms with E-state index in [9.17, 15) is 4.39 Å².